The number of ether oxygens (including phenoxy) is 1. The van der Waals surface area contributed by atoms with Crippen molar-refractivity contribution in [2.24, 2.45) is 11.8 Å². The number of nitrogens with zero attached hydrogens (tertiary/aromatic N) is 1. The van der Waals surface area contributed by atoms with Crippen LogP contribution in [0.4, 0.5) is 4.79 Å². The Morgan fingerprint density at radius 3 is 2.28 bits per heavy atom. The smallest absolute Gasteiger partial charge is 0.407 e. The molecule has 0 heterocycles. The molecule has 18 heavy (non-hydrogen) atoms. The molecule has 0 bridgehead atoms. The zero-order chi connectivity index (χ0) is 13.9. The molecule has 1 rings (SSSR count). The molecule has 1 N–H and O–H groups in total. The predicted octanol–water partition coefficient (Wildman–Crippen LogP) is 1.63. The van der Waals surface area contributed by atoms with Crippen molar-refractivity contribution in [1.29, 1.82) is 0 Å². The minimum absolute atomic E-state index is 0.0774. The first-order valence-corrected chi connectivity index (χ1v) is 6.38. The fourth-order valence-corrected chi connectivity index (χ4v) is 1.79. The molecule has 2 amide bonds. The third-order valence-corrected chi connectivity index (χ3v) is 2.81. The summed E-state index contributed by atoms with van der Waals surface area (Å²) in [5.74, 6) is 0.371. The van der Waals surface area contributed by atoms with Gasteiger partial charge in [0.25, 0.3) is 0 Å². The van der Waals surface area contributed by atoms with Gasteiger partial charge in [-0.2, -0.15) is 0 Å². The molecule has 1 saturated carbocycles. The molecule has 0 aromatic rings. The minimum Gasteiger partial charge on any atom is -0.444 e. The molecule has 1 aliphatic rings. The summed E-state index contributed by atoms with van der Waals surface area (Å²) in [6.07, 6.45) is 1.68. The van der Waals surface area contributed by atoms with E-state index in [9.17, 15) is 9.59 Å². The lowest BCUT2D eigenvalue weighted by Crippen LogP contribution is -2.41. The molecule has 0 aromatic heterocycles. The summed E-state index contributed by atoms with van der Waals surface area (Å²) >= 11 is 0. The van der Waals surface area contributed by atoms with Crippen molar-refractivity contribution in [2.45, 2.75) is 39.2 Å². The molecule has 0 spiro atoms. The van der Waals surface area contributed by atoms with E-state index in [-0.39, 0.29) is 11.8 Å². The van der Waals surface area contributed by atoms with Gasteiger partial charge in [-0.1, -0.05) is 0 Å². The third-order valence-electron chi connectivity index (χ3n) is 2.81. The Morgan fingerprint density at radius 1 is 1.33 bits per heavy atom. The maximum Gasteiger partial charge on any atom is 0.407 e. The standard InChI is InChI=1S/C13H24N2O3/c1-13(2,3)18-12(17)14-8-10(9-6-7-9)11(16)15(4)5/h9-10H,6-8H2,1-5H3,(H,14,17)/t10-/m0/s1. The second-order valence-corrected chi connectivity index (χ2v) is 6.06. The van der Waals surface area contributed by atoms with Gasteiger partial charge >= 0.3 is 6.09 Å². The Labute approximate surface area is 109 Å². The Balaban J connectivity index is 2.43. The first-order chi connectivity index (χ1) is 8.20. The maximum absolute atomic E-state index is 12.0. The Hall–Kier alpha value is -1.26. The van der Waals surface area contributed by atoms with Gasteiger partial charge in [0.2, 0.25) is 5.91 Å². The van der Waals surface area contributed by atoms with Crippen molar-refractivity contribution in [3.05, 3.63) is 0 Å². The van der Waals surface area contributed by atoms with Gasteiger partial charge in [0.05, 0.1) is 5.92 Å². The molecule has 0 saturated heterocycles. The molecule has 0 unspecified atom stereocenters. The molecular formula is C13H24N2O3. The number of amides is 2. The highest BCUT2D eigenvalue weighted by molar-refractivity contribution is 5.80. The lowest BCUT2D eigenvalue weighted by molar-refractivity contribution is -0.133. The van der Waals surface area contributed by atoms with Gasteiger partial charge in [-0.15, -0.1) is 0 Å². The van der Waals surface area contributed by atoms with Crippen molar-refractivity contribution < 1.29 is 14.3 Å². The summed E-state index contributed by atoms with van der Waals surface area (Å²) in [5.41, 5.74) is -0.509. The predicted molar refractivity (Wildman–Crippen MR) is 69.1 cm³/mol. The van der Waals surface area contributed by atoms with E-state index >= 15 is 0 Å². The average molecular weight is 256 g/mol. The van der Waals surface area contributed by atoms with E-state index in [1.807, 2.05) is 20.8 Å². The number of carbonyl (C=O) groups excluding carboxylic acids is 2. The molecule has 5 nitrogen and oxygen atoms in total. The number of hydrogen-bond donors (Lipinski definition) is 1. The second-order valence-electron chi connectivity index (χ2n) is 6.06. The molecule has 1 fully saturated rings. The first-order valence-electron chi connectivity index (χ1n) is 6.38. The van der Waals surface area contributed by atoms with Crippen molar-refractivity contribution >= 4 is 12.0 Å². The quantitative estimate of drug-likeness (QED) is 0.831. The highest BCUT2D eigenvalue weighted by Gasteiger charge is 2.37. The Morgan fingerprint density at radius 2 is 1.89 bits per heavy atom. The second kappa shape index (κ2) is 5.59. The van der Waals surface area contributed by atoms with Crippen molar-refractivity contribution in [1.82, 2.24) is 10.2 Å². The average Bonchev–Trinajstić information content (AvgIpc) is 2.98. The highest BCUT2D eigenvalue weighted by Crippen LogP contribution is 2.37. The molecular weight excluding hydrogens is 232 g/mol. The van der Waals surface area contributed by atoms with Crippen LogP contribution >= 0.6 is 0 Å². The van der Waals surface area contributed by atoms with Gasteiger partial charge in [0.1, 0.15) is 5.60 Å². The van der Waals surface area contributed by atoms with Gasteiger partial charge < -0.3 is 15.0 Å². The minimum atomic E-state index is -0.509. The number of rotatable bonds is 4. The SMILES string of the molecule is CN(C)C(=O)[C@@H](CNC(=O)OC(C)(C)C)C1CC1. The number of carbonyl (C=O) groups is 2. The molecule has 0 aromatic carbocycles. The summed E-state index contributed by atoms with van der Waals surface area (Å²) in [6.45, 7) is 5.80. The molecule has 5 heteroatoms. The van der Waals surface area contributed by atoms with Crippen LogP contribution in [-0.4, -0.2) is 43.1 Å². The van der Waals surface area contributed by atoms with Gasteiger partial charge in [0, 0.05) is 20.6 Å². The van der Waals surface area contributed by atoms with Crippen LogP contribution in [0.5, 0.6) is 0 Å². The fraction of sp³-hybridized carbons (Fsp3) is 0.846. The van der Waals surface area contributed by atoms with E-state index in [0.29, 0.717) is 12.5 Å². The summed E-state index contributed by atoms with van der Waals surface area (Å²) in [7, 11) is 3.48. The van der Waals surface area contributed by atoms with E-state index in [1.54, 1.807) is 19.0 Å². The normalized spacial score (nSPS) is 16.9. The Kier molecular flexibility index (Phi) is 4.59. The van der Waals surface area contributed by atoms with Gasteiger partial charge in [-0.3, -0.25) is 4.79 Å². The van der Waals surface area contributed by atoms with Crippen LogP contribution in [0.1, 0.15) is 33.6 Å². The number of alkyl carbamates (subject to hydrolysis) is 1. The number of hydrogen-bond acceptors (Lipinski definition) is 3. The lowest BCUT2D eigenvalue weighted by atomic mass is 10.0. The van der Waals surface area contributed by atoms with Crippen molar-refractivity contribution in [2.75, 3.05) is 20.6 Å². The van der Waals surface area contributed by atoms with Crippen LogP contribution in [0.15, 0.2) is 0 Å². The monoisotopic (exact) mass is 256 g/mol. The fourth-order valence-electron chi connectivity index (χ4n) is 1.79. The molecule has 0 radical (unpaired) electrons. The molecule has 1 aliphatic carbocycles. The van der Waals surface area contributed by atoms with E-state index < -0.39 is 11.7 Å². The zero-order valence-electron chi connectivity index (χ0n) is 11.9. The van der Waals surface area contributed by atoms with Crippen LogP contribution in [0.2, 0.25) is 0 Å². The third kappa shape index (κ3) is 4.94. The van der Waals surface area contributed by atoms with Crippen molar-refractivity contribution in [3.8, 4) is 0 Å². The molecule has 104 valence electrons. The van der Waals surface area contributed by atoms with Gasteiger partial charge in [0.15, 0.2) is 0 Å². The van der Waals surface area contributed by atoms with Crippen LogP contribution in [0, 0.1) is 11.8 Å². The highest BCUT2D eigenvalue weighted by atomic mass is 16.6. The molecule has 1 atom stereocenters. The lowest BCUT2D eigenvalue weighted by Gasteiger charge is -2.23. The first kappa shape index (κ1) is 14.8. The zero-order valence-corrected chi connectivity index (χ0v) is 11.9. The van der Waals surface area contributed by atoms with E-state index in [1.165, 1.54) is 0 Å². The summed E-state index contributed by atoms with van der Waals surface area (Å²) in [5, 5.41) is 2.69. The largest absolute Gasteiger partial charge is 0.444 e. The van der Waals surface area contributed by atoms with Crippen LogP contribution in [0.3, 0.4) is 0 Å². The van der Waals surface area contributed by atoms with E-state index in [4.69, 9.17) is 4.74 Å². The Bertz CT molecular complexity index is 317. The van der Waals surface area contributed by atoms with E-state index in [0.717, 1.165) is 12.8 Å². The summed E-state index contributed by atoms with van der Waals surface area (Å²) < 4.78 is 5.15. The van der Waals surface area contributed by atoms with Gasteiger partial charge in [-0.05, 0) is 39.5 Å². The topological polar surface area (TPSA) is 58.6 Å². The number of nitrogens with one attached hydrogen (secondary N) is 1. The van der Waals surface area contributed by atoms with Gasteiger partial charge in [-0.25, -0.2) is 4.79 Å². The van der Waals surface area contributed by atoms with Crippen molar-refractivity contribution in [3.63, 3.8) is 0 Å². The van der Waals surface area contributed by atoms with Crippen LogP contribution < -0.4 is 5.32 Å². The van der Waals surface area contributed by atoms with Crippen LogP contribution in [-0.2, 0) is 9.53 Å². The molecule has 0 aliphatic heterocycles. The van der Waals surface area contributed by atoms with Crippen LogP contribution in [0.25, 0.3) is 0 Å². The summed E-state index contributed by atoms with van der Waals surface area (Å²) in [4.78, 5) is 25.1. The van der Waals surface area contributed by atoms with E-state index in [2.05, 4.69) is 5.32 Å². The maximum atomic E-state index is 12.0. The summed E-state index contributed by atoms with van der Waals surface area (Å²) in [6, 6.07) is 0.